The van der Waals surface area contributed by atoms with Crippen LogP contribution in [-0.2, 0) is 9.78 Å². The van der Waals surface area contributed by atoms with Gasteiger partial charge in [-0.05, 0) is 19.8 Å². The summed E-state index contributed by atoms with van der Waals surface area (Å²) in [5.74, 6) is -0.0415. The fourth-order valence-corrected chi connectivity index (χ4v) is 1.53. The van der Waals surface area contributed by atoms with Gasteiger partial charge in [-0.1, -0.05) is 6.92 Å². The van der Waals surface area contributed by atoms with Crippen molar-refractivity contribution < 1.29 is 15.0 Å². The van der Waals surface area contributed by atoms with Crippen molar-refractivity contribution in [2.45, 2.75) is 38.8 Å². The molecule has 0 aromatic heterocycles. The molecule has 1 rings (SSSR count). The maximum absolute atomic E-state index is 11.6. The Hall–Kier alpha value is -1.17. The van der Waals surface area contributed by atoms with Crippen molar-refractivity contribution in [3.63, 3.8) is 0 Å². The van der Waals surface area contributed by atoms with Crippen molar-refractivity contribution in [1.82, 2.24) is 4.90 Å². The van der Waals surface area contributed by atoms with Crippen LogP contribution in [-0.4, -0.2) is 34.7 Å². The van der Waals surface area contributed by atoms with Gasteiger partial charge in [0.1, 0.15) is 0 Å². The monoisotopic (exact) mass is 201 g/mol. The second kappa shape index (κ2) is 4.90. The fraction of sp³-hybridized carbons (Fsp3) is 0.875. The van der Waals surface area contributed by atoms with Gasteiger partial charge in [0, 0.05) is 12.6 Å². The standard InChI is InChI=1S/C8H15N3O3/c1-3-6(2)11-5-4-7(8(11)12)9-10-14-13/h6-7,13H,3-5H2,1-2H3/b10-9+. The topological polar surface area (TPSA) is 74.5 Å². The molecule has 0 spiro atoms. The molecule has 1 aliphatic heterocycles. The predicted octanol–water partition coefficient (Wildman–Crippen LogP) is 1.24. The van der Waals surface area contributed by atoms with E-state index in [4.69, 9.17) is 5.26 Å². The lowest BCUT2D eigenvalue weighted by molar-refractivity contribution is -0.251. The minimum atomic E-state index is -0.490. The number of hydrogen-bond donors (Lipinski definition) is 1. The Morgan fingerprint density at radius 3 is 3.07 bits per heavy atom. The van der Waals surface area contributed by atoms with Crippen LogP contribution in [0.15, 0.2) is 10.4 Å². The minimum Gasteiger partial charge on any atom is -0.338 e. The molecule has 2 unspecified atom stereocenters. The average molecular weight is 201 g/mol. The van der Waals surface area contributed by atoms with Crippen LogP contribution in [0.25, 0.3) is 0 Å². The van der Waals surface area contributed by atoms with Crippen molar-refractivity contribution >= 4 is 5.91 Å². The Balaban J connectivity index is 2.55. The molecule has 0 bridgehead atoms. The Morgan fingerprint density at radius 2 is 2.50 bits per heavy atom. The van der Waals surface area contributed by atoms with E-state index in [0.29, 0.717) is 13.0 Å². The van der Waals surface area contributed by atoms with Crippen LogP contribution in [0.2, 0.25) is 0 Å². The van der Waals surface area contributed by atoms with Crippen molar-refractivity contribution in [2.75, 3.05) is 6.54 Å². The molecule has 0 aliphatic carbocycles. The summed E-state index contributed by atoms with van der Waals surface area (Å²) in [6.07, 6.45) is 1.56. The maximum atomic E-state index is 11.6. The molecular formula is C8H15N3O3. The van der Waals surface area contributed by atoms with Crippen LogP contribution in [0.5, 0.6) is 0 Å². The highest BCUT2D eigenvalue weighted by Crippen LogP contribution is 2.18. The van der Waals surface area contributed by atoms with Gasteiger partial charge in [-0.2, -0.15) is 5.26 Å². The quantitative estimate of drug-likeness (QED) is 0.422. The second-order valence-corrected chi connectivity index (χ2v) is 3.37. The molecule has 1 amide bonds. The van der Waals surface area contributed by atoms with Crippen LogP contribution in [0, 0.1) is 0 Å². The van der Waals surface area contributed by atoms with Gasteiger partial charge in [-0.25, -0.2) is 4.99 Å². The Bertz CT molecular complexity index is 232. The number of rotatable bonds is 4. The first kappa shape index (κ1) is 10.9. The van der Waals surface area contributed by atoms with E-state index >= 15 is 0 Å². The summed E-state index contributed by atoms with van der Waals surface area (Å²) >= 11 is 0. The molecule has 0 saturated carbocycles. The molecular weight excluding hydrogens is 186 g/mol. The van der Waals surface area contributed by atoms with Gasteiger partial charge in [-0.3, -0.25) is 4.79 Å². The van der Waals surface area contributed by atoms with E-state index in [9.17, 15) is 4.79 Å². The molecule has 0 radical (unpaired) electrons. The summed E-state index contributed by atoms with van der Waals surface area (Å²) in [7, 11) is 0. The second-order valence-electron chi connectivity index (χ2n) is 3.37. The van der Waals surface area contributed by atoms with Gasteiger partial charge in [0.15, 0.2) is 6.04 Å². The van der Waals surface area contributed by atoms with E-state index in [0.717, 1.165) is 6.42 Å². The van der Waals surface area contributed by atoms with Crippen molar-refractivity contribution in [2.24, 2.45) is 10.4 Å². The smallest absolute Gasteiger partial charge is 0.249 e. The molecule has 1 saturated heterocycles. The third kappa shape index (κ3) is 2.20. The van der Waals surface area contributed by atoms with E-state index in [1.54, 1.807) is 4.90 Å². The van der Waals surface area contributed by atoms with Crippen LogP contribution in [0.4, 0.5) is 0 Å². The third-order valence-electron chi connectivity index (χ3n) is 2.56. The first-order valence-corrected chi connectivity index (χ1v) is 4.72. The number of hydrogen-bond acceptors (Lipinski definition) is 5. The average Bonchev–Trinajstić information content (AvgIpc) is 2.56. The molecule has 0 aromatic rings. The van der Waals surface area contributed by atoms with Gasteiger partial charge in [-0.15, -0.1) is 5.11 Å². The highest BCUT2D eigenvalue weighted by atomic mass is 17.2. The Kier molecular flexibility index (Phi) is 3.82. The lowest BCUT2D eigenvalue weighted by Crippen LogP contribution is -2.36. The summed E-state index contributed by atoms with van der Waals surface area (Å²) in [6.45, 7) is 4.73. The molecule has 14 heavy (non-hydrogen) atoms. The normalized spacial score (nSPS) is 24.6. The highest BCUT2D eigenvalue weighted by molar-refractivity contribution is 5.84. The zero-order valence-electron chi connectivity index (χ0n) is 8.38. The molecule has 80 valence electrons. The van der Waals surface area contributed by atoms with E-state index in [1.165, 1.54) is 0 Å². The fourth-order valence-electron chi connectivity index (χ4n) is 1.53. The maximum Gasteiger partial charge on any atom is 0.249 e. The predicted molar refractivity (Wildman–Crippen MR) is 48.4 cm³/mol. The Labute approximate surface area is 82.4 Å². The van der Waals surface area contributed by atoms with Crippen molar-refractivity contribution in [1.29, 1.82) is 0 Å². The first-order valence-electron chi connectivity index (χ1n) is 4.72. The van der Waals surface area contributed by atoms with E-state index in [-0.39, 0.29) is 11.9 Å². The lowest BCUT2D eigenvalue weighted by atomic mass is 10.2. The summed E-state index contributed by atoms with van der Waals surface area (Å²) in [5.41, 5.74) is 0. The van der Waals surface area contributed by atoms with Crippen molar-refractivity contribution in [3.05, 3.63) is 0 Å². The van der Waals surface area contributed by atoms with Crippen LogP contribution >= 0.6 is 0 Å². The van der Waals surface area contributed by atoms with Crippen LogP contribution in [0.1, 0.15) is 26.7 Å². The summed E-state index contributed by atoms with van der Waals surface area (Å²) in [4.78, 5) is 16.9. The van der Waals surface area contributed by atoms with Gasteiger partial charge in [0.2, 0.25) is 5.91 Å². The first-order chi connectivity index (χ1) is 6.70. The van der Waals surface area contributed by atoms with Crippen molar-refractivity contribution in [3.8, 4) is 0 Å². The Morgan fingerprint density at radius 1 is 1.79 bits per heavy atom. The molecule has 1 fully saturated rings. The van der Waals surface area contributed by atoms with Gasteiger partial charge >= 0.3 is 0 Å². The summed E-state index contributed by atoms with van der Waals surface area (Å²) in [6, 6.07) is -0.256. The number of amides is 1. The number of carbonyl (C=O) groups is 1. The van der Waals surface area contributed by atoms with E-state index in [2.05, 4.69) is 15.4 Å². The molecule has 6 heteroatoms. The summed E-state index contributed by atoms with van der Waals surface area (Å²) < 4.78 is 0. The molecule has 1 heterocycles. The van der Waals surface area contributed by atoms with Gasteiger partial charge in [0.25, 0.3) is 0 Å². The molecule has 6 nitrogen and oxygen atoms in total. The molecule has 1 N–H and O–H groups in total. The van der Waals surface area contributed by atoms with Crippen LogP contribution in [0.3, 0.4) is 0 Å². The van der Waals surface area contributed by atoms with Crippen LogP contribution < -0.4 is 0 Å². The zero-order valence-corrected chi connectivity index (χ0v) is 8.38. The lowest BCUT2D eigenvalue weighted by Gasteiger charge is -2.22. The number of likely N-dealkylation sites (tertiary alicyclic amines) is 1. The third-order valence-corrected chi connectivity index (χ3v) is 2.56. The molecule has 1 aliphatic rings. The molecule has 0 aromatic carbocycles. The minimum absolute atomic E-state index is 0.0415. The zero-order chi connectivity index (χ0) is 10.6. The van der Waals surface area contributed by atoms with E-state index < -0.39 is 6.04 Å². The van der Waals surface area contributed by atoms with Gasteiger partial charge in [0.05, 0.1) is 5.28 Å². The summed E-state index contributed by atoms with van der Waals surface area (Å²) in [5, 5.41) is 14.5. The number of nitrogens with zero attached hydrogens (tertiary/aromatic N) is 3. The van der Waals surface area contributed by atoms with E-state index in [1.807, 2.05) is 13.8 Å². The highest BCUT2D eigenvalue weighted by Gasteiger charge is 2.34. The molecule has 2 atom stereocenters. The SMILES string of the molecule is CCC(C)N1CCC(/N=N/OO)C1=O. The largest absolute Gasteiger partial charge is 0.338 e. The number of carbonyl (C=O) groups excluding carboxylic acids is 1. The van der Waals surface area contributed by atoms with Gasteiger partial charge < -0.3 is 4.90 Å².